The molecule has 0 radical (unpaired) electrons. The lowest BCUT2D eigenvalue weighted by Crippen LogP contribution is -2.45. The Hall–Kier alpha value is -1.46. The van der Waals surface area contributed by atoms with Gasteiger partial charge in [0.2, 0.25) is 0 Å². The van der Waals surface area contributed by atoms with Crippen LogP contribution < -0.4 is 9.47 Å². The second-order valence-corrected chi connectivity index (χ2v) is 5.54. The number of amides is 1. The van der Waals surface area contributed by atoms with E-state index in [1.807, 2.05) is 0 Å². The van der Waals surface area contributed by atoms with Gasteiger partial charge in [-0.05, 0) is 18.6 Å². The number of hydrogen-bond donors (Lipinski definition) is 0. The zero-order chi connectivity index (χ0) is 14.8. The van der Waals surface area contributed by atoms with Crippen molar-refractivity contribution in [1.82, 2.24) is 4.90 Å². The van der Waals surface area contributed by atoms with E-state index in [1.54, 1.807) is 17.0 Å². The van der Waals surface area contributed by atoms with Crippen LogP contribution in [0.25, 0.3) is 0 Å². The topological polar surface area (TPSA) is 48.0 Å². The molecule has 1 amide bonds. The summed E-state index contributed by atoms with van der Waals surface area (Å²) < 4.78 is 16.6. The lowest BCUT2D eigenvalue weighted by molar-refractivity contribution is -0.0226. The van der Waals surface area contributed by atoms with E-state index < -0.39 is 0 Å². The molecule has 6 heteroatoms. The normalized spacial score (nSPS) is 21.2. The van der Waals surface area contributed by atoms with Gasteiger partial charge in [-0.15, -0.1) is 0 Å². The van der Waals surface area contributed by atoms with Crippen LogP contribution in [0.3, 0.4) is 0 Å². The molecule has 1 aromatic rings. The number of morpholine rings is 1. The third kappa shape index (κ3) is 2.94. The molecule has 0 N–H and O–H groups in total. The average Bonchev–Trinajstić information content (AvgIpc) is 2.54. The van der Waals surface area contributed by atoms with Crippen LogP contribution in [0.5, 0.6) is 11.5 Å². The molecule has 21 heavy (non-hydrogen) atoms. The minimum atomic E-state index is -0.0457. The van der Waals surface area contributed by atoms with Crippen LogP contribution in [0, 0.1) is 0 Å². The fourth-order valence-electron chi connectivity index (χ4n) is 2.57. The lowest BCUT2D eigenvalue weighted by atomic mass is 10.1. The van der Waals surface area contributed by atoms with Gasteiger partial charge in [0, 0.05) is 18.7 Å². The van der Waals surface area contributed by atoms with E-state index in [-0.39, 0.29) is 12.0 Å². The maximum absolute atomic E-state index is 12.6. The highest BCUT2D eigenvalue weighted by Crippen LogP contribution is 2.38. The molecule has 2 heterocycles. The van der Waals surface area contributed by atoms with Crippen molar-refractivity contribution in [2.24, 2.45) is 0 Å². The number of fused-ring (bicyclic) bond motifs is 1. The van der Waals surface area contributed by atoms with Crippen molar-refractivity contribution in [3.63, 3.8) is 0 Å². The van der Waals surface area contributed by atoms with E-state index in [1.165, 1.54) is 0 Å². The average molecular weight is 312 g/mol. The number of ether oxygens (including phenoxy) is 3. The molecule has 2 aliphatic heterocycles. The zero-order valence-corrected chi connectivity index (χ0v) is 12.7. The Morgan fingerprint density at radius 1 is 1.33 bits per heavy atom. The molecule has 0 aromatic heterocycles. The van der Waals surface area contributed by atoms with Gasteiger partial charge >= 0.3 is 0 Å². The molecule has 114 valence electrons. The Morgan fingerprint density at radius 3 is 2.95 bits per heavy atom. The second kappa shape index (κ2) is 6.12. The maximum atomic E-state index is 12.6. The van der Waals surface area contributed by atoms with Gasteiger partial charge in [-0.2, -0.15) is 0 Å². The first-order chi connectivity index (χ1) is 10.2. The highest BCUT2D eigenvalue weighted by atomic mass is 35.5. The number of rotatable bonds is 2. The van der Waals surface area contributed by atoms with Crippen molar-refractivity contribution < 1.29 is 19.0 Å². The standard InChI is InChI=1S/C15H18ClNO4/c1-2-11-9-17(3-4-19-11)15(18)10-7-12(16)14-13(8-10)20-5-6-21-14/h7-8,11H,2-6,9H2,1H3. The van der Waals surface area contributed by atoms with Crippen molar-refractivity contribution in [2.75, 3.05) is 32.9 Å². The van der Waals surface area contributed by atoms with E-state index in [0.29, 0.717) is 55.0 Å². The van der Waals surface area contributed by atoms with E-state index in [2.05, 4.69) is 6.92 Å². The molecule has 0 aliphatic carbocycles. The van der Waals surface area contributed by atoms with Crippen LogP contribution in [-0.2, 0) is 4.74 Å². The first kappa shape index (κ1) is 14.5. The Bertz CT molecular complexity index is 549. The molecule has 0 bridgehead atoms. The number of carbonyl (C=O) groups is 1. The summed E-state index contributed by atoms with van der Waals surface area (Å²) >= 11 is 6.19. The van der Waals surface area contributed by atoms with Gasteiger partial charge in [-0.25, -0.2) is 0 Å². The van der Waals surface area contributed by atoms with Gasteiger partial charge in [-0.1, -0.05) is 18.5 Å². The van der Waals surface area contributed by atoms with E-state index in [9.17, 15) is 4.79 Å². The fourth-order valence-corrected chi connectivity index (χ4v) is 2.83. The second-order valence-electron chi connectivity index (χ2n) is 5.13. The monoisotopic (exact) mass is 311 g/mol. The number of benzene rings is 1. The summed E-state index contributed by atoms with van der Waals surface area (Å²) in [5.41, 5.74) is 0.529. The summed E-state index contributed by atoms with van der Waals surface area (Å²) in [5.74, 6) is 1.01. The summed E-state index contributed by atoms with van der Waals surface area (Å²) in [6, 6.07) is 3.35. The molecular weight excluding hydrogens is 294 g/mol. The van der Waals surface area contributed by atoms with Crippen LogP contribution >= 0.6 is 11.6 Å². The first-order valence-corrected chi connectivity index (χ1v) is 7.57. The van der Waals surface area contributed by atoms with Gasteiger partial charge < -0.3 is 19.1 Å². The molecule has 3 rings (SSSR count). The lowest BCUT2D eigenvalue weighted by Gasteiger charge is -2.32. The smallest absolute Gasteiger partial charge is 0.254 e. The zero-order valence-electron chi connectivity index (χ0n) is 11.9. The highest BCUT2D eigenvalue weighted by molar-refractivity contribution is 6.32. The van der Waals surface area contributed by atoms with Crippen LogP contribution in [0.2, 0.25) is 5.02 Å². The largest absolute Gasteiger partial charge is 0.486 e. The maximum Gasteiger partial charge on any atom is 0.254 e. The van der Waals surface area contributed by atoms with Crippen molar-refractivity contribution in [3.05, 3.63) is 22.7 Å². The molecule has 1 atom stereocenters. The molecule has 1 saturated heterocycles. The van der Waals surface area contributed by atoms with E-state index in [0.717, 1.165) is 6.42 Å². The molecule has 2 aliphatic rings. The van der Waals surface area contributed by atoms with Crippen molar-refractivity contribution in [1.29, 1.82) is 0 Å². The summed E-state index contributed by atoms with van der Waals surface area (Å²) in [6.07, 6.45) is 1.00. The predicted octanol–water partition coefficient (Wildman–Crippen LogP) is 2.36. The summed E-state index contributed by atoms with van der Waals surface area (Å²) in [5, 5.41) is 0.413. The van der Waals surface area contributed by atoms with E-state index >= 15 is 0 Å². The molecular formula is C15H18ClNO4. The van der Waals surface area contributed by atoms with Gasteiger partial charge in [-0.3, -0.25) is 4.79 Å². The predicted molar refractivity (Wildman–Crippen MR) is 78.4 cm³/mol. The molecule has 1 aromatic carbocycles. The van der Waals surface area contributed by atoms with Crippen LogP contribution in [0.4, 0.5) is 0 Å². The van der Waals surface area contributed by atoms with Gasteiger partial charge in [0.15, 0.2) is 11.5 Å². The van der Waals surface area contributed by atoms with Crippen LogP contribution in [0.1, 0.15) is 23.7 Å². The molecule has 0 saturated carbocycles. The molecule has 0 spiro atoms. The Labute approximate surface area is 128 Å². The Balaban J connectivity index is 1.83. The van der Waals surface area contributed by atoms with Crippen molar-refractivity contribution in [2.45, 2.75) is 19.4 Å². The molecule has 1 unspecified atom stereocenters. The molecule has 5 nitrogen and oxygen atoms in total. The van der Waals surface area contributed by atoms with Crippen molar-refractivity contribution >= 4 is 17.5 Å². The van der Waals surface area contributed by atoms with Crippen molar-refractivity contribution in [3.8, 4) is 11.5 Å². The highest BCUT2D eigenvalue weighted by Gasteiger charge is 2.26. The Kier molecular flexibility index (Phi) is 4.22. The quantitative estimate of drug-likeness (QED) is 0.841. The fraction of sp³-hybridized carbons (Fsp3) is 0.533. The summed E-state index contributed by atoms with van der Waals surface area (Å²) in [6.45, 7) is 4.78. The first-order valence-electron chi connectivity index (χ1n) is 7.19. The number of carbonyl (C=O) groups excluding carboxylic acids is 1. The number of nitrogens with zero attached hydrogens (tertiary/aromatic N) is 1. The van der Waals surface area contributed by atoms with Gasteiger partial charge in [0.1, 0.15) is 13.2 Å². The number of halogens is 1. The summed E-state index contributed by atoms with van der Waals surface area (Å²) in [4.78, 5) is 14.4. The third-order valence-electron chi connectivity index (χ3n) is 3.73. The minimum Gasteiger partial charge on any atom is -0.486 e. The minimum absolute atomic E-state index is 0.0457. The van der Waals surface area contributed by atoms with Gasteiger partial charge in [0.05, 0.1) is 17.7 Å². The van der Waals surface area contributed by atoms with Crippen LogP contribution in [0.15, 0.2) is 12.1 Å². The SMILES string of the molecule is CCC1CN(C(=O)c2cc(Cl)c3c(c2)OCCO3)CCO1. The molecule has 1 fully saturated rings. The van der Waals surface area contributed by atoms with E-state index in [4.69, 9.17) is 25.8 Å². The van der Waals surface area contributed by atoms with Gasteiger partial charge in [0.25, 0.3) is 5.91 Å². The summed E-state index contributed by atoms with van der Waals surface area (Å²) in [7, 11) is 0. The third-order valence-corrected chi connectivity index (χ3v) is 4.01. The Morgan fingerprint density at radius 2 is 2.14 bits per heavy atom. The number of hydrogen-bond acceptors (Lipinski definition) is 4. The van der Waals surface area contributed by atoms with Crippen LogP contribution in [-0.4, -0.2) is 49.8 Å².